The quantitative estimate of drug-likeness (QED) is 0.692. The number of halogens is 1. The highest BCUT2D eigenvalue weighted by atomic mass is 35.5. The van der Waals surface area contributed by atoms with Gasteiger partial charge in [-0.25, -0.2) is 8.42 Å². The third kappa shape index (κ3) is 5.18. The number of amides is 1. The van der Waals surface area contributed by atoms with E-state index in [-0.39, 0.29) is 10.6 Å². The van der Waals surface area contributed by atoms with E-state index in [0.717, 1.165) is 19.3 Å². The zero-order chi connectivity index (χ0) is 20.9. The van der Waals surface area contributed by atoms with Crippen LogP contribution in [-0.2, 0) is 14.8 Å². The lowest BCUT2D eigenvalue weighted by molar-refractivity contribution is -0.111. The van der Waals surface area contributed by atoms with E-state index in [2.05, 4.69) is 5.32 Å². The second-order valence-electron chi connectivity index (χ2n) is 6.67. The number of anilines is 1. The molecular formula is C21H23ClN2O4S. The van der Waals surface area contributed by atoms with Gasteiger partial charge >= 0.3 is 0 Å². The van der Waals surface area contributed by atoms with E-state index in [1.165, 1.54) is 23.6 Å². The Labute approximate surface area is 176 Å². The highest BCUT2D eigenvalue weighted by Gasteiger charge is 2.29. The lowest BCUT2D eigenvalue weighted by Crippen LogP contribution is -2.35. The van der Waals surface area contributed by atoms with Crippen molar-refractivity contribution >= 4 is 39.3 Å². The van der Waals surface area contributed by atoms with Crippen molar-refractivity contribution in [2.24, 2.45) is 0 Å². The number of ether oxygens (including phenoxy) is 1. The number of carbonyl (C=O) groups excluding carboxylic acids is 1. The molecule has 8 heteroatoms. The molecule has 1 amide bonds. The first kappa shape index (κ1) is 21.4. The summed E-state index contributed by atoms with van der Waals surface area (Å²) < 4.78 is 32.8. The molecule has 1 N–H and O–H groups in total. The molecule has 1 heterocycles. The molecule has 1 fully saturated rings. The second-order valence-corrected chi connectivity index (χ2v) is 8.99. The zero-order valence-electron chi connectivity index (χ0n) is 16.1. The van der Waals surface area contributed by atoms with E-state index >= 15 is 0 Å². The van der Waals surface area contributed by atoms with Crippen LogP contribution in [0.5, 0.6) is 5.75 Å². The van der Waals surface area contributed by atoms with Crippen LogP contribution in [0.25, 0.3) is 6.08 Å². The van der Waals surface area contributed by atoms with Gasteiger partial charge in [-0.1, -0.05) is 36.2 Å². The summed E-state index contributed by atoms with van der Waals surface area (Å²) in [7, 11) is -2.28. The first-order chi connectivity index (χ1) is 13.9. The predicted molar refractivity (Wildman–Crippen MR) is 115 cm³/mol. The van der Waals surface area contributed by atoms with Crippen LogP contribution >= 0.6 is 11.6 Å². The Morgan fingerprint density at radius 1 is 1.14 bits per heavy atom. The maximum Gasteiger partial charge on any atom is 0.248 e. The molecule has 2 aromatic carbocycles. The number of piperidine rings is 1. The van der Waals surface area contributed by atoms with Crippen LogP contribution in [0.3, 0.4) is 0 Å². The zero-order valence-corrected chi connectivity index (χ0v) is 17.7. The van der Waals surface area contributed by atoms with Crippen molar-refractivity contribution in [1.29, 1.82) is 0 Å². The van der Waals surface area contributed by atoms with Crippen molar-refractivity contribution in [3.8, 4) is 5.75 Å². The minimum Gasteiger partial charge on any atom is -0.495 e. The molecule has 0 spiro atoms. The molecule has 29 heavy (non-hydrogen) atoms. The normalized spacial score (nSPS) is 15.4. The van der Waals surface area contributed by atoms with Crippen molar-refractivity contribution in [3.63, 3.8) is 0 Å². The highest BCUT2D eigenvalue weighted by molar-refractivity contribution is 7.89. The Morgan fingerprint density at radius 2 is 1.86 bits per heavy atom. The number of rotatable bonds is 6. The Balaban J connectivity index is 1.81. The fourth-order valence-electron chi connectivity index (χ4n) is 3.16. The van der Waals surface area contributed by atoms with Gasteiger partial charge in [0.15, 0.2) is 0 Å². The summed E-state index contributed by atoms with van der Waals surface area (Å²) in [6.07, 6.45) is 5.66. The summed E-state index contributed by atoms with van der Waals surface area (Å²) in [5, 5.41) is 3.23. The summed E-state index contributed by atoms with van der Waals surface area (Å²) in [6.45, 7) is 0.977. The van der Waals surface area contributed by atoms with Crippen LogP contribution in [-0.4, -0.2) is 38.8 Å². The van der Waals surface area contributed by atoms with Gasteiger partial charge in [0.25, 0.3) is 0 Å². The number of nitrogens with zero attached hydrogens (tertiary/aromatic N) is 1. The molecule has 2 aromatic rings. The maximum atomic E-state index is 13.1. The predicted octanol–water partition coefficient (Wildman–Crippen LogP) is 4.18. The number of methoxy groups -OCH3 is 1. The van der Waals surface area contributed by atoms with Gasteiger partial charge in [-0.05, 0) is 48.7 Å². The molecule has 1 aliphatic heterocycles. The van der Waals surface area contributed by atoms with Crippen molar-refractivity contribution in [1.82, 2.24) is 4.31 Å². The van der Waals surface area contributed by atoms with E-state index in [9.17, 15) is 13.2 Å². The number of hydrogen-bond acceptors (Lipinski definition) is 4. The number of sulfonamides is 1. The van der Waals surface area contributed by atoms with Gasteiger partial charge in [-0.3, -0.25) is 4.79 Å². The number of benzene rings is 2. The van der Waals surface area contributed by atoms with E-state index in [1.807, 2.05) is 6.07 Å². The molecule has 1 aliphatic rings. The number of carbonyl (C=O) groups is 1. The van der Waals surface area contributed by atoms with Gasteiger partial charge in [0.1, 0.15) is 10.6 Å². The average molecular weight is 435 g/mol. The van der Waals surface area contributed by atoms with Gasteiger partial charge < -0.3 is 10.1 Å². The molecule has 0 aromatic heterocycles. The standard InChI is InChI=1S/C21H23ClN2O4S/c1-28-19-11-10-17(15-20(19)29(26,27)24-13-5-2-6-14-24)23-21(25)12-9-16-7-3-4-8-18(16)22/h3-4,7-12,15H,2,5-6,13-14H2,1H3,(H,23,25)/b12-9+. The molecule has 6 nitrogen and oxygen atoms in total. The van der Waals surface area contributed by atoms with Gasteiger partial charge in [-0.2, -0.15) is 4.31 Å². The molecule has 0 atom stereocenters. The Hall–Kier alpha value is -2.35. The topological polar surface area (TPSA) is 75.7 Å². The minimum absolute atomic E-state index is 0.0507. The second kappa shape index (κ2) is 9.43. The van der Waals surface area contributed by atoms with Crippen LogP contribution in [0.2, 0.25) is 5.02 Å². The van der Waals surface area contributed by atoms with Crippen LogP contribution in [0.1, 0.15) is 24.8 Å². The largest absolute Gasteiger partial charge is 0.495 e. The SMILES string of the molecule is COc1ccc(NC(=O)/C=C/c2ccccc2Cl)cc1S(=O)(=O)N1CCCCC1. The Morgan fingerprint density at radius 3 is 2.55 bits per heavy atom. The maximum absolute atomic E-state index is 13.1. The first-order valence-electron chi connectivity index (χ1n) is 9.33. The van der Waals surface area contributed by atoms with Gasteiger partial charge in [-0.15, -0.1) is 0 Å². The molecule has 3 rings (SSSR count). The van der Waals surface area contributed by atoms with Crippen molar-refractivity contribution < 1.29 is 17.9 Å². The smallest absolute Gasteiger partial charge is 0.248 e. The van der Waals surface area contributed by atoms with Crippen LogP contribution in [0, 0.1) is 0 Å². The summed E-state index contributed by atoms with van der Waals surface area (Å²) in [6, 6.07) is 11.7. The summed E-state index contributed by atoms with van der Waals surface area (Å²) in [4.78, 5) is 12.3. The molecule has 0 saturated carbocycles. The summed E-state index contributed by atoms with van der Waals surface area (Å²) in [5.74, 6) is -0.142. The molecule has 0 aliphatic carbocycles. The van der Waals surface area contributed by atoms with E-state index in [1.54, 1.807) is 36.4 Å². The lowest BCUT2D eigenvalue weighted by atomic mass is 10.2. The Kier molecular flexibility index (Phi) is 6.95. The number of hydrogen-bond donors (Lipinski definition) is 1. The van der Waals surface area contributed by atoms with E-state index in [4.69, 9.17) is 16.3 Å². The fourth-order valence-corrected chi connectivity index (χ4v) is 5.06. The van der Waals surface area contributed by atoms with Gasteiger partial charge in [0, 0.05) is 29.9 Å². The molecular weight excluding hydrogens is 412 g/mol. The van der Waals surface area contributed by atoms with E-state index in [0.29, 0.717) is 29.4 Å². The highest BCUT2D eigenvalue weighted by Crippen LogP contribution is 2.31. The summed E-state index contributed by atoms with van der Waals surface area (Å²) in [5.41, 5.74) is 1.09. The third-order valence-electron chi connectivity index (χ3n) is 4.68. The van der Waals surface area contributed by atoms with Crippen LogP contribution < -0.4 is 10.1 Å². The lowest BCUT2D eigenvalue weighted by Gasteiger charge is -2.26. The molecule has 0 bridgehead atoms. The van der Waals surface area contributed by atoms with E-state index < -0.39 is 15.9 Å². The van der Waals surface area contributed by atoms with Crippen molar-refractivity contribution in [2.45, 2.75) is 24.2 Å². The van der Waals surface area contributed by atoms with Gasteiger partial charge in [0.2, 0.25) is 15.9 Å². The fraction of sp³-hybridized carbons (Fsp3) is 0.286. The Bertz CT molecular complexity index is 1020. The molecule has 1 saturated heterocycles. The van der Waals surface area contributed by atoms with Crippen molar-refractivity contribution in [3.05, 3.63) is 59.1 Å². The summed E-state index contributed by atoms with van der Waals surface area (Å²) >= 11 is 6.08. The van der Waals surface area contributed by atoms with Crippen LogP contribution in [0.4, 0.5) is 5.69 Å². The minimum atomic E-state index is -3.70. The van der Waals surface area contributed by atoms with Crippen LogP contribution in [0.15, 0.2) is 53.4 Å². The monoisotopic (exact) mass is 434 g/mol. The third-order valence-corrected chi connectivity index (χ3v) is 6.95. The van der Waals surface area contributed by atoms with Crippen molar-refractivity contribution in [2.75, 3.05) is 25.5 Å². The molecule has 0 unspecified atom stereocenters. The molecule has 0 radical (unpaired) electrons. The molecule has 154 valence electrons. The number of nitrogens with one attached hydrogen (secondary N) is 1. The first-order valence-corrected chi connectivity index (χ1v) is 11.2. The van der Waals surface area contributed by atoms with Gasteiger partial charge in [0.05, 0.1) is 7.11 Å². The average Bonchev–Trinajstić information content (AvgIpc) is 2.74.